The summed E-state index contributed by atoms with van der Waals surface area (Å²) in [5, 5.41) is 50.0. The number of carbonyl (C=O) groups is 12. The fourth-order valence-corrected chi connectivity index (χ4v) is 20.8. The van der Waals surface area contributed by atoms with Crippen LogP contribution >= 0.6 is 70.2 Å². The minimum absolute atomic E-state index is 0.0870. The van der Waals surface area contributed by atoms with Gasteiger partial charge in [-0.2, -0.15) is 12.6 Å². The first-order valence-electron chi connectivity index (χ1n) is 47.2. The SMILES string of the molecule is CN[C@@H](C)C(=O)N[C@@H](C(=O)N1CCC[C@@H]1C(=O)Nc1snnc1-c1ccccc1)C1CCCCC1.CN[C@@H](C)C(=O)N[C@H](C(=O)N1CCC[C@H]1C(=O)Nc1sc(Cl)cc1-c1ccccc1)C1CCCCC1.CN[C@@H](C)C(=O)N[C@H](C(=O)N1CCC[C@H]1C(=O)Nc1snnc1-c1ccccc1)C(C)(C)C.CN[C@@H](C)C(=O)N[C@H](C(=O)N1CCC[C@H]1C(=O)Nc1snnc1-c1ccccc1)C(C)(C)S. The molecule has 8 heterocycles. The van der Waals surface area contributed by atoms with E-state index in [2.05, 4.69) is 105 Å². The molecule has 0 radical (unpaired) electrons. The van der Waals surface area contributed by atoms with Crippen LogP contribution in [0.4, 0.5) is 20.0 Å². The second-order valence-corrected chi connectivity index (χ2v) is 42.1. The molecule has 2 saturated carbocycles. The number of halogens is 1. The Labute approximate surface area is 828 Å². The van der Waals surface area contributed by atoms with Gasteiger partial charge in [0.1, 0.15) is 85.4 Å². The highest BCUT2D eigenvalue weighted by atomic mass is 35.5. The van der Waals surface area contributed by atoms with Gasteiger partial charge in [-0.1, -0.05) is 206 Å². The number of carbonyl (C=O) groups excluding carboxylic acids is 12. The van der Waals surface area contributed by atoms with E-state index in [1.807, 2.05) is 148 Å². The maximum atomic E-state index is 13.8. The van der Waals surface area contributed by atoms with Gasteiger partial charge in [-0.05, 0) is 176 Å². The van der Waals surface area contributed by atoms with Crippen molar-refractivity contribution in [2.45, 2.75) is 255 Å². The van der Waals surface area contributed by atoms with Gasteiger partial charge in [0.05, 0.1) is 28.5 Å². The molecule has 4 aliphatic heterocycles. The molecule has 40 heteroatoms. The molecule has 4 aromatic heterocycles. The van der Waals surface area contributed by atoms with Crippen molar-refractivity contribution >= 4 is 161 Å². The second-order valence-electron chi connectivity index (χ2n) is 37.0. The van der Waals surface area contributed by atoms with Crippen molar-refractivity contribution in [1.29, 1.82) is 0 Å². The Hall–Kier alpha value is -10.6. The number of rotatable bonds is 31. The average molecular weight is 1990 g/mol. The standard InChI is InChI=1S/C27H35ClN4O3S.C25H34N6O3S.C23H32N6O3S.C22H30N6O3S2/c1-17(29-2)24(33)30-23(19-12-7-4-8-13-19)27(35)32-15-9-14-21(32)25(34)31-26-20(16-22(28)36-26)18-10-5-3-6-11-18;1-16(26-2)22(32)27-21(18-12-7-4-8-13-18)25(34)31-15-9-14-19(31)23(33)28-24-20(29-30-35-24)17-10-5-3-6-11-17;1-14(24-5)19(30)25-18(23(2,3)4)22(32)29-13-9-12-16(29)20(31)26-21-17(27-28-33-21)15-10-7-6-8-11-15;1-13(23-4)18(29)24-17(22(2,3)32)21(31)28-12-8-11-15(28)19(30)25-20-16(26-27-33-20)14-9-6-5-7-10-14/h3,5-6,10-11,16-17,19,21,23,29H,4,7-9,12-15H2,1-2H3,(H,30,33)(H,31,34);3,5-6,10-11,16,18-19,21,26H,4,7-9,12-15H2,1-2H3,(H,27,32)(H,28,33);6-8,10-11,14,16,18,24H,9,12-13H2,1-5H3,(H,25,30)(H,26,31);5-7,9-10,13,15,17,23,32H,8,11-12H2,1-4H3,(H,24,29)(H,25,30)/t17-,21-,23-;16-,19+,21+;14-,16-,18+;13-,15-,17+/m0000/s1. The molecule has 0 unspecified atom stereocenters. The number of anilines is 4. The van der Waals surface area contributed by atoms with Gasteiger partial charge in [0.25, 0.3) is 0 Å². The predicted octanol–water partition coefficient (Wildman–Crippen LogP) is 11.7. The lowest BCUT2D eigenvalue weighted by atomic mass is 9.83. The molecule has 4 saturated heterocycles. The molecule has 6 fully saturated rings. The minimum atomic E-state index is -0.887. The van der Waals surface area contributed by atoms with E-state index in [0.717, 1.165) is 139 Å². The summed E-state index contributed by atoms with van der Waals surface area (Å²) in [6.07, 6.45) is 15.3. The van der Waals surface area contributed by atoms with Crippen LogP contribution in [0.3, 0.4) is 0 Å². The average Bonchev–Trinajstić information content (AvgIpc) is 1.75. The molecular formula is C97H131ClN22O12S5. The Balaban J connectivity index is 0.000000175. The zero-order valence-corrected chi connectivity index (χ0v) is 85.0. The Bertz CT molecular complexity index is 5220. The number of likely N-dealkylation sites (N-methyl/N-ethyl adjacent to an activating group) is 4. The van der Waals surface area contributed by atoms with Crippen LogP contribution in [0.15, 0.2) is 127 Å². The summed E-state index contributed by atoms with van der Waals surface area (Å²) in [5.41, 5.74) is 5.69. The van der Waals surface area contributed by atoms with Crippen molar-refractivity contribution in [3.05, 3.63) is 132 Å². The molecule has 8 aromatic rings. The number of benzene rings is 4. The molecule has 738 valence electrons. The third-order valence-corrected chi connectivity index (χ3v) is 29.4. The van der Waals surface area contributed by atoms with E-state index >= 15 is 0 Å². The molecule has 34 nitrogen and oxygen atoms in total. The molecule has 137 heavy (non-hydrogen) atoms. The number of thiophene rings is 1. The maximum absolute atomic E-state index is 13.8. The lowest BCUT2D eigenvalue weighted by Gasteiger charge is -2.35. The highest BCUT2D eigenvalue weighted by Crippen LogP contribution is 2.42. The second kappa shape index (κ2) is 50.8. The van der Waals surface area contributed by atoms with Crippen LogP contribution in [0.25, 0.3) is 44.9 Å². The first-order chi connectivity index (χ1) is 65.6. The van der Waals surface area contributed by atoms with Gasteiger partial charge < -0.3 is 83.4 Å². The minimum Gasteiger partial charge on any atom is -0.343 e. The number of nitrogens with one attached hydrogen (secondary N) is 12. The largest absolute Gasteiger partial charge is 0.343 e. The van der Waals surface area contributed by atoms with Gasteiger partial charge in [-0.25, -0.2) is 0 Å². The highest BCUT2D eigenvalue weighted by molar-refractivity contribution is 7.81. The van der Waals surface area contributed by atoms with E-state index in [0.29, 0.717) is 106 Å². The van der Waals surface area contributed by atoms with Crippen molar-refractivity contribution in [3.63, 3.8) is 0 Å². The summed E-state index contributed by atoms with van der Waals surface area (Å²) >= 11 is 15.5. The summed E-state index contributed by atoms with van der Waals surface area (Å²) in [4.78, 5) is 165. The van der Waals surface area contributed by atoms with Gasteiger partial charge in [0.15, 0.2) is 0 Å². The third-order valence-electron chi connectivity index (χ3n) is 26.0. The first-order valence-corrected chi connectivity index (χ1v) is 51.2. The monoisotopic (exact) mass is 1990 g/mol. The molecule has 4 aromatic carbocycles. The molecule has 0 bridgehead atoms. The highest BCUT2D eigenvalue weighted by Gasteiger charge is 2.48. The number of thiol groups is 1. The Kier molecular flexibility index (Phi) is 39.6. The Morgan fingerprint density at radius 1 is 0.365 bits per heavy atom. The Morgan fingerprint density at radius 3 is 0.942 bits per heavy atom. The van der Waals surface area contributed by atoms with Crippen LogP contribution in [0.2, 0.25) is 4.34 Å². The number of likely N-dealkylation sites (tertiary alicyclic amines) is 4. The first kappa shape index (κ1) is 107. The zero-order valence-electron chi connectivity index (χ0n) is 80.1. The maximum Gasteiger partial charge on any atom is 0.247 e. The number of hydrogen-bond donors (Lipinski definition) is 13. The van der Waals surface area contributed by atoms with E-state index in [1.54, 1.807) is 89.3 Å². The molecule has 0 spiro atoms. The zero-order chi connectivity index (χ0) is 98.8. The quantitative estimate of drug-likeness (QED) is 0.0179. The van der Waals surface area contributed by atoms with E-state index in [9.17, 15) is 57.5 Å². The molecule has 14 rings (SSSR count). The third kappa shape index (κ3) is 28.4. The van der Waals surface area contributed by atoms with Crippen LogP contribution in [-0.4, -0.2) is 251 Å². The molecule has 2 aliphatic carbocycles. The van der Waals surface area contributed by atoms with E-state index in [1.165, 1.54) is 11.3 Å². The van der Waals surface area contributed by atoms with E-state index < -0.39 is 82.7 Å². The number of hydrogen-bond acceptors (Lipinski definition) is 27. The van der Waals surface area contributed by atoms with Crippen LogP contribution in [-0.2, 0) is 57.5 Å². The summed E-state index contributed by atoms with van der Waals surface area (Å²) in [7, 11) is 6.81. The van der Waals surface area contributed by atoms with Crippen LogP contribution in [0, 0.1) is 17.3 Å². The van der Waals surface area contributed by atoms with Crippen molar-refractivity contribution in [1.82, 2.24) is 90.9 Å². The van der Waals surface area contributed by atoms with Crippen molar-refractivity contribution < 1.29 is 57.5 Å². The number of amides is 12. The van der Waals surface area contributed by atoms with Gasteiger partial charge in [-0.15, -0.1) is 26.6 Å². The van der Waals surface area contributed by atoms with Gasteiger partial charge in [-0.3, -0.25) is 57.5 Å². The van der Waals surface area contributed by atoms with Gasteiger partial charge in [0.2, 0.25) is 70.9 Å². The molecule has 12 amide bonds. The topological polar surface area (TPSA) is 439 Å². The number of nitrogens with zero attached hydrogens (tertiary/aromatic N) is 10. The Morgan fingerprint density at radius 2 is 0.642 bits per heavy atom. The van der Waals surface area contributed by atoms with Crippen LogP contribution in [0.1, 0.15) is 178 Å². The fraction of sp³-hybridized carbons (Fsp3) is 0.526. The summed E-state index contributed by atoms with van der Waals surface area (Å²) in [6, 6.07) is 33.2. The predicted molar refractivity (Wildman–Crippen MR) is 542 cm³/mol. The van der Waals surface area contributed by atoms with Crippen molar-refractivity contribution in [3.8, 4) is 44.9 Å². The summed E-state index contributed by atoms with van der Waals surface area (Å²) < 4.78 is 11.8. The van der Waals surface area contributed by atoms with Crippen LogP contribution in [0.5, 0.6) is 0 Å². The molecule has 6 aliphatic rings. The lowest BCUT2D eigenvalue weighted by Crippen LogP contribution is -2.60. The van der Waals surface area contributed by atoms with E-state index in [4.69, 9.17) is 11.6 Å². The van der Waals surface area contributed by atoms with Crippen molar-refractivity contribution in [2.24, 2.45) is 17.3 Å². The van der Waals surface area contributed by atoms with Gasteiger partial charge in [0, 0.05) is 87.8 Å². The smallest absolute Gasteiger partial charge is 0.247 e. The number of aromatic nitrogens is 6. The van der Waals surface area contributed by atoms with E-state index in [-0.39, 0.29) is 82.7 Å². The molecule has 12 N–H and O–H groups in total. The summed E-state index contributed by atoms with van der Waals surface area (Å²) in [6.45, 7) is 18.2. The molecular weight excluding hydrogens is 1860 g/mol. The normalized spacial score (nSPS) is 19.1. The molecule has 12 atom stereocenters. The lowest BCUT2D eigenvalue weighted by molar-refractivity contribution is -0.143. The van der Waals surface area contributed by atoms with Crippen LogP contribution < -0.4 is 63.8 Å². The fourth-order valence-electron chi connectivity index (χ4n) is 17.6. The van der Waals surface area contributed by atoms with Crippen molar-refractivity contribution in [2.75, 3.05) is 75.6 Å². The summed E-state index contributed by atoms with van der Waals surface area (Å²) in [5.74, 6) is -2.67. The van der Waals surface area contributed by atoms with Gasteiger partial charge >= 0.3 is 0 Å².